The molecule has 1 N–H and O–H groups in total. The lowest BCUT2D eigenvalue weighted by atomic mass is 9.94. The van der Waals surface area contributed by atoms with Crippen molar-refractivity contribution >= 4 is 23.1 Å². The van der Waals surface area contributed by atoms with Gasteiger partial charge < -0.3 is 19.5 Å². The standard InChI is InChI=1S/C26H30N2O7/c1-16(2)15-35-21-11-8-19(14-17(21)3)24(29)22-23(18-6-9-20(10-7-18)28(32)33)27(12-5-13-34-4)26(31)25(22)30/h6-11,14,16,23,29H,5,12-13,15H2,1-4H3. The van der Waals surface area contributed by atoms with Crippen LogP contribution in [0.3, 0.4) is 0 Å². The molecular weight excluding hydrogens is 452 g/mol. The quantitative estimate of drug-likeness (QED) is 0.133. The lowest BCUT2D eigenvalue weighted by Crippen LogP contribution is -2.31. The number of nitrogens with zero attached hydrogens (tertiary/aromatic N) is 2. The Bertz CT molecular complexity index is 1140. The van der Waals surface area contributed by atoms with E-state index in [1.54, 1.807) is 25.3 Å². The number of methoxy groups -OCH3 is 1. The third-order valence-corrected chi connectivity index (χ3v) is 5.73. The van der Waals surface area contributed by atoms with Crippen LogP contribution in [0.2, 0.25) is 0 Å². The van der Waals surface area contributed by atoms with E-state index in [1.807, 2.05) is 20.8 Å². The number of benzene rings is 2. The molecule has 2 aromatic carbocycles. The Morgan fingerprint density at radius 2 is 1.86 bits per heavy atom. The molecule has 3 rings (SSSR count). The van der Waals surface area contributed by atoms with Crippen LogP contribution in [0.4, 0.5) is 5.69 Å². The lowest BCUT2D eigenvalue weighted by Gasteiger charge is -2.25. The number of amides is 1. The first-order valence-corrected chi connectivity index (χ1v) is 11.4. The van der Waals surface area contributed by atoms with Gasteiger partial charge in [-0.3, -0.25) is 19.7 Å². The molecule has 1 aliphatic heterocycles. The van der Waals surface area contributed by atoms with Crippen molar-refractivity contribution in [2.75, 3.05) is 26.9 Å². The Hall–Kier alpha value is -3.72. The van der Waals surface area contributed by atoms with Crippen LogP contribution < -0.4 is 4.74 Å². The van der Waals surface area contributed by atoms with E-state index in [9.17, 15) is 24.8 Å². The van der Waals surface area contributed by atoms with Crippen molar-refractivity contribution in [3.63, 3.8) is 0 Å². The minimum atomic E-state index is -0.884. The summed E-state index contributed by atoms with van der Waals surface area (Å²) in [6, 6.07) is 9.82. The number of hydrogen-bond acceptors (Lipinski definition) is 7. The van der Waals surface area contributed by atoms with Crippen molar-refractivity contribution in [1.82, 2.24) is 4.90 Å². The van der Waals surface area contributed by atoms with Gasteiger partial charge in [-0.15, -0.1) is 0 Å². The van der Waals surface area contributed by atoms with Gasteiger partial charge in [0.2, 0.25) is 0 Å². The predicted molar refractivity (Wildman–Crippen MR) is 130 cm³/mol. The maximum Gasteiger partial charge on any atom is 0.295 e. The third kappa shape index (κ3) is 5.68. The number of aryl methyl sites for hydroxylation is 1. The number of rotatable bonds is 10. The molecule has 0 aromatic heterocycles. The fourth-order valence-electron chi connectivity index (χ4n) is 3.99. The highest BCUT2D eigenvalue weighted by Crippen LogP contribution is 2.40. The van der Waals surface area contributed by atoms with Crippen LogP contribution in [-0.2, 0) is 14.3 Å². The van der Waals surface area contributed by atoms with Crippen LogP contribution >= 0.6 is 0 Å². The fraction of sp³-hybridized carbons (Fsp3) is 0.385. The molecular formula is C26H30N2O7. The van der Waals surface area contributed by atoms with E-state index in [0.29, 0.717) is 42.4 Å². The van der Waals surface area contributed by atoms with Gasteiger partial charge in [0.05, 0.1) is 23.1 Å². The van der Waals surface area contributed by atoms with Crippen molar-refractivity contribution in [3.05, 3.63) is 74.8 Å². The Balaban J connectivity index is 2.06. The van der Waals surface area contributed by atoms with E-state index < -0.39 is 22.7 Å². The summed E-state index contributed by atoms with van der Waals surface area (Å²) in [6.07, 6.45) is 0.480. The van der Waals surface area contributed by atoms with Crippen molar-refractivity contribution in [1.29, 1.82) is 0 Å². The van der Waals surface area contributed by atoms with Gasteiger partial charge in [-0.05, 0) is 60.7 Å². The molecule has 1 heterocycles. The fourth-order valence-corrected chi connectivity index (χ4v) is 3.99. The number of nitro benzene ring substituents is 1. The van der Waals surface area contributed by atoms with E-state index in [4.69, 9.17) is 9.47 Å². The van der Waals surface area contributed by atoms with Gasteiger partial charge in [0.15, 0.2) is 0 Å². The average molecular weight is 483 g/mol. The highest BCUT2D eigenvalue weighted by atomic mass is 16.6. The molecule has 1 saturated heterocycles. The molecule has 1 aliphatic rings. The summed E-state index contributed by atoms with van der Waals surface area (Å²) in [5.74, 6) is -0.833. The largest absolute Gasteiger partial charge is 0.507 e. The van der Waals surface area contributed by atoms with E-state index >= 15 is 0 Å². The van der Waals surface area contributed by atoms with Crippen molar-refractivity contribution in [3.8, 4) is 5.75 Å². The smallest absolute Gasteiger partial charge is 0.295 e. The lowest BCUT2D eigenvalue weighted by molar-refractivity contribution is -0.384. The number of carbonyl (C=O) groups excluding carboxylic acids is 2. The number of ether oxygens (including phenoxy) is 2. The first kappa shape index (κ1) is 25.9. The number of carbonyl (C=O) groups is 2. The van der Waals surface area contributed by atoms with Crippen LogP contribution in [0.25, 0.3) is 5.76 Å². The number of hydrogen-bond donors (Lipinski definition) is 1. The summed E-state index contributed by atoms with van der Waals surface area (Å²) in [6.45, 7) is 7.06. The molecule has 2 aromatic rings. The highest BCUT2D eigenvalue weighted by molar-refractivity contribution is 6.46. The molecule has 9 heteroatoms. The maximum atomic E-state index is 13.1. The third-order valence-electron chi connectivity index (χ3n) is 5.73. The monoisotopic (exact) mass is 482 g/mol. The Morgan fingerprint density at radius 3 is 2.43 bits per heavy atom. The number of ketones is 1. The molecule has 0 saturated carbocycles. The Morgan fingerprint density at radius 1 is 1.17 bits per heavy atom. The SMILES string of the molecule is COCCCN1C(=O)C(=O)C(=C(O)c2ccc(OCC(C)C)c(C)c2)C1c1ccc([N+](=O)[O-])cc1. The topological polar surface area (TPSA) is 119 Å². The van der Waals surface area contributed by atoms with E-state index in [0.717, 1.165) is 5.56 Å². The molecule has 0 radical (unpaired) electrons. The normalized spacial score (nSPS) is 17.3. The van der Waals surface area contributed by atoms with Crippen LogP contribution in [0.15, 0.2) is 48.0 Å². The molecule has 0 bridgehead atoms. The van der Waals surface area contributed by atoms with Gasteiger partial charge >= 0.3 is 0 Å². The maximum absolute atomic E-state index is 13.1. The zero-order chi connectivity index (χ0) is 25.7. The zero-order valence-corrected chi connectivity index (χ0v) is 20.3. The summed E-state index contributed by atoms with van der Waals surface area (Å²) in [7, 11) is 1.54. The number of likely N-dealkylation sites (tertiary alicyclic amines) is 1. The van der Waals surface area contributed by atoms with Gasteiger partial charge in [-0.2, -0.15) is 0 Å². The first-order chi connectivity index (χ1) is 16.6. The van der Waals surface area contributed by atoms with Crippen LogP contribution in [-0.4, -0.2) is 53.5 Å². The van der Waals surface area contributed by atoms with Gasteiger partial charge in [0, 0.05) is 38.0 Å². The Labute approximate surface area is 204 Å². The van der Waals surface area contributed by atoms with Crippen LogP contribution in [0.5, 0.6) is 5.75 Å². The van der Waals surface area contributed by atoms with Crippen molar-refractivity contribution in [2.45, 2.75) is 33.2 Å². The van der Waals surface area contributed by atoms with Crippen LogP contribution in [0.1, 0.15) is 43.0 Å². The molecule has 0 spiro atoms. The molecule has 1 atom stereocenters. The number of nitro groups is 1. The highest BCUT2D eigenvalue weighted by Gasteiger charge is 2.45. The van der Waals surface area contributed by atoms with Crippen molar-refractivity contribution < 1.29 is 29.1 Å². The second-order valence-corrected chi connectivity index (χ2v) is 8.87. The second-order valence-electron chi connectivity index (χ2n) is 8.87. The molecule has 186 valence electrons. The minimum Gasteiger partial charge on any atom is -0.507 e. The van der Waals surface area contributed by atoms with E-state index in [2.05, 4.69) is 0 Å². The first-order valence-electron chi connectivity index (χ1n) is 11.4. The number of Topliss-reactive ketones (excluding diaryl/α,β-unsaturated/α-hetero) is 1. The summed E-state index contributed by atoms with van der Waals surface area (Å²) < 4.78 is 10.9. The van der Waals surface area contributed by atoms with Gasteiger partial charge in [0.1, 0.15) is 11.5 Å². The second kappa shape index (κ2) is 11.1. The van der Waals surface area contributed by atoms with Gasteiger partial charge in [-0.25, -0.2) is 0 Å². The summed E-state index contributed by atoms with van der Waals surface area (Å²) in [4.78, 5) is 38.0. The number of non-ortho nitro benzene ring substituents is 1. The molecule has 9 nitrogen and oxygen atoms in total. The molecule has 35 heavy (non-hydrogen) atoms. The summed E-state index contributed by atoms with van der Waals surface area (Å²) in [5, 5.41) is 22.3. The molecule has 1 amide bonds. The molecule has 0 aliphatic carbocycles. The van der Waals surface area contributed by atoms with Crippen molar-refractivity contribution in [2.24, 2.45) is 5.92 Å². The summed E-state index contributed by atoms with van der Waals surface area (Å²) >= 11 is 0. The van der Waals surface area contributed by atoms with Gasteiger partial charge in [-0.1, -0.05) is 13.8 Å². The molecule has 1 unspecified atom stereocenters. The summed E-state index contributed by atoms with van der Waals surface area (Å²) in [5.41, 5.74) is 1.47. The predicted octanol–water partition coefficient (Wildman–Crippen LogP) is 4.40. The number of aliphatic hydroxyl groups excluding tert-OH is 1. The van der Waals surface area contributed by atoms with Crippen LogP contribution in [0, 0.1) is 23.0 Å². The average Bonchev–Trinajstić information content (AvgIpc) is 3.08. The zero-order valence-electron chi connectivity index (χ0n) is 20.3. The minimum absolute atomic E-state index is 0.0588. The van der Waals surface area contributed by atoms with E-state index in [-0.39, 0.29) is 23.6 Å². The van der Waals surface area contributed by atoms with Gasteiger partial charge in [0.25, 0.3) is 17.4 Å². The molecule has 1 fully saturated rings. The number of aliphatic hydroxyl groups is 1. The van der Waals surface area contributed by atoms with E-state index in [1.165, 1.54) is 29.2 Å². The Kier molecular flexibility index (Phi) is 8.24.